The summed E-state index contributed by atoms with van der Waals surface area (Å²) in [7, 11) is 0. The van der Waals surface area contributed by atoms with Gasteiger partial charge in [0.1, 0.15) is 5.54 Å². The van der Waals surface area contributed by atoms with Crippen LogP contribution in [0.3, 0.4) is 0 Å². The first-order valence-electron chi connectivity index (χ1n) is 7.50. The van der Waals surface area contributed by atoms with Crippen LogP contribution in [-0.2, 0) is 9.59 Å². The van der Waals surface area contributed by atoms with Crippen LogP contribution in [0, 0.1) is 5.92 Å². The van der Waals surface area contributed by atoms with Gasteiger partial charge in [0.15, 0.2) is 0 Å². The van der Waals surface area contributed by atoms with Gasteiger partial charge in [-0.15, -0.1) is 0 Å². The van der Waals surface area contributed by atoms with E-state index < -0.39 is 5.54 Å². The van der Waals surface area contributed by atoms with Gasteiger partial charge >= 0.3 is 0 Å². The SMILES string of the molecule is CCCCNC(=O)C1(C)CCCC(=O)N1CC(C)C. The van der Waals surface area contributed by atoms with E-state index in [4.69, 9.17) is 0 Å². The molecule has 0 radical (unpaired) electrons. The number of carbonyl (C=O) groups is 2. The van der Waals surface area contributed by atoms with Crippen LogP contribution >= 0.6 is 0 Å². The molecule has 0 aromatic heterocycles. The third kappa shape index (κ3) is 3.95. The Balaban J connectivity index is 2.77. The second kappa shape index (κ2) is 6.92. The highest BCUT2D eigenvalue weighted by molar-refractivity contribution is 5.92. The molecule has 19 heavy (non-hydrogen) atoms. The van der Waals surface area contributed by atoms with Crippen LogP contribution in [0.4, 0.5) is 0 Å². The predicted molar refractivity (Wildman–Crippen MR) is 76.7 cm³/mol. The fourth-order valence-corrected chi connectivity index (χ4v) is 2.60. The minimum Gasteiger partial charge on any atom is -0.354 e. The Morgan fingerprint density at radius 1 is 1.47 bits per heavy atom. The van der Waals surface area contributed by atoms with E-state index in [-0.39, 0.29) is 11.8 Å². The number of rotatable bonds is 6. The second-order valence-electron chi connectivity index (χ2n) is 6.14. The van der Waals surface area contributed by atoms with Crippen LogP contribution < -0.4 is 5.32 Å². The number of piperidine rings is 1. The Hall–Kier alpha value is -1.06. The Bertz CT molecular complexity index is 328. The number of hydrogen-bond donors (Lipinski definition) is 1. The zero-order valence-corrected chi connectivity index (χ0v) is 12.8. The largest absolute Gasteiger partial charge is 0.354 e. The summed E-state index contributed by atoms with van der Waals surface area (Å²) in [5, 5.41) is 2.98. The van der Waals surface area contributed by atoms with E-state index in [1.807, 2.05) is 6.92 Å². The molecule has 0 aliphatic carbocycles. The van der Waals surface area contributed by atoms with Gasteiger partial charge in [-0.25, -0.2) is 0 Å². The molecular weight excluding hydrogens is 240 g/mol. The standard InChI is InChI=1S/C15H28N2O2/c1-5-6-10-16-14(19)15(4)9-7-8-13(18)17(15)11-12(2)3/h12H,5-11H2,1-4H3,(H,16,19). The molecule has 0 spiro atoms. The Morgan fingerprint density at radius 2 is 2.16 bits per heavy atom. The van der Waals surface area contributed by atoms with Crippen molar-refractivity contribution in [1.29, 1.82) is 0 Å². The Morgan fingerprint density at radius 3 is 2.74 bits per heavy atom. The van der Waals surface area contributed by atoms with Crippen LogP contribution in [-0.4, -0.2) is 35.3 Å². The lowest BCUT2D eigenvalue weighted by Gasteiger charge is -2.44. The summed E-state index contributed by atoms with van der Waals surface area (Å²) in [6.07, 6.45) is 4.20. The summed E-state index contributed by atoms with van der Waals surface area (Å²) in [6, 6.07) is 0. The molecule has 1 unspecified atom stereocenters. The molecular formula is C15H28N2O2. The van der Waals surface area contributed by atoms with Crippen molar-refractivity contribution in [3.63, 3.8) is 0 Å². The molecule has 4 nitrogen and oxygen atoms in total. The minimum absolute atomic E-state index is 0.00894. The molecule has 2 amide bonds. The van der Waals surface area contributed by atoms with E-state index in [1.54, 1.807) is 4.90 Å². The molecule has 1 fully saturated rings. The van der Waals surface area contributed by atoms with Gasteiger partial charge in [0.05, 0.1) is 0 Å². The molecule has 1 atom stereocenters. The number of hydrogen-bond acceptors (Lipinski definition) is 2. The Labute approximate surface area is 116 Å². The topological polar surface area (TPSA) is 49.4 Å². The van der Waals surface area contributed by atoms with Crippen molar-refractivity contribution in [2.24, 2.45) is 5.92 Å². The highest BCUT2D eigenvalue weighted by atomic mass is 16.2. The number of nitrogens with zero attached hydrogens (tertiary/aromatic N) is 1. The fraction of sp³-hybridized carbons (Fsp3) is 0.867. The molecule has 1 aliphatic heterocycles. The van der Waals surface area contributed by atoms with Crippen molar-refractivity contribution in [1.82, 2.24) is 10.2 Å². The molecule has 1 heterocycles. The maximum atomic E-state index is 12.4. The molecule has 0 bridgehead atoms. The monoisotopic (exact) mass is 268 g/mol. The van der Waals surface area contributed by atoms with Crippen LogP contribution in [0.25, 0.3) is 0 Å². The first-order valence-corrected chi connectivity index (χ1v) is 7.50. The van der Waals surface area contributed by atoms with Crippen LogP contribution in [0.5, 0.6) is 0 Å². The molecule has 0 aromatic rings. The maximum Gasteiger partial charge on any atom is 0.245 e. The van der Waals surface area contributed by atoms with Gasteiger partial charge in [-0.2, -0.15) is 0 Å². The van der Waals surface area contributed by atoms with Crippen molar-refractivity contribution in [2.75, 3.05) is 13.1 Å². The van der Waals surface area contributed by atoms with E-state index >= 15 is 0 Å². The fourth-order valence-electron chi connectivity index (χ4n) is 2.60. The normalized spacial score (nSPS) is 23.8. The van der Waals surface area contributed by atoms with E-state index in [1.165, 1.54) is 0 Å². The number of nitrogens with one attached hydrogen (secondary N) is 1. The van der Waals surface area contributed by atoms with Crippen molar-refractivity contribution in [2.45, 2.75) is 65.3 Å². The van der Waals surface area contributed by atoms with E-state index in [9.17, 15) is 9.59 Å². The summed E-state index contributed by atoms with van der Waals surface area (Å²) in [5.74, 6) is 0.507. The second-order valence-corrected chi connectivity index (χ2v) is 6.14. The number of carbonyl (C=O) groups excluding carboxylic acids is 2. The minimum atomic E-state index is -0.659. The molecule has 0 aromatic carbocycles. The van der Waals surface area contributed by atoms with Crippen molar-refractivity contribution in [3.8, 4) is 0 Å². The molecule has 0 saturated carbocycles. The molecule has 4 heteroatoms. The van der Waals surface area contributed by atoms with Crippen LogP contribution in [0.1, 0.15) is 59.8 Å². The summed E-state index contributed by atoms with van der Waals surface area (Å²) in [5.41, 5.74) is -0.659. The highest BCUT2D eigenvalue weighted by Gasteiger charge is 2.44. The quantitative estimate of drug-likeness (QED) is 0.752. The highest BCUT2D eigenvalue weighted by Crippen LogP contribution is 2.29. The lowest BCUT2D eigenvalue weighted by Crippen LogP contribution is -2.61. The van der Waals surface area contributed by atoms with Gasteiger partial charge in [-0.3, -0.25) is 9.59 Å². The van der Waals surface area contributed by atoms with Gasteiger partial charge in [-0.1, -0.05) is 27.2 Å². The number of unbranched alkanes of at least 4 members (excludes halogenated alkanes) is 1. The summed E-state index contributed by atoms with van der Waals surface area (Å²) >= 11 is 0. The number of amides is 2. The van der Waals surface area contributed by atoms with E-state index in [0.717, 1.165) is 25.7 Å². The first kappa shape index (κ1) is 16.0. The Kier molecular flexibility index (Phi) is 5.83. The van der Waals surface area contributed by atoms with Crippen molar-refractivity contribution in [3.05, 3.63) is 0 Å². The average Bonchev–Trinajstić information content (AvgIpc) is 2.34. The van der Waals surface area contributed by atoms with Gasteiger partial charge in [0.2, 0.25) is 11.8 Å². The van der Waals surface area contributed by atoms with E-state index in [2.05, 4.69) is 26.1 Å². The lowest BCUT2D eigenvalue weighted by atomic mass is 9.86. The van der Waals surface area contributed by atoms with Crippen LogP contribution in [0.2, 0.25) is 0 Å². The zero-order chi connectivity index (χ0) is 14.5. The zero-order valence-electron chi connectivity index (χ0n) is 12.8. The van der Waals surface area contributed by atoms with Gasteiger partial charge < -0.3 is 10.2 Å². The van der Waals surface area contributed by atoms with Crippen molar-refractivity contribution >= 4 is 11.8 Å². The molecule has 110 valence electrons. The van der Waals surface area contributed by atoms with Gasteiger partial charge in [0.25, 0.3) is 0 Å². The van der Waals surface area contributed by atoms with Crippen LogP contribution in [0.15, 0.2) is 0 Å². The van der Waals surface area contributed by atoms with Gasteiger partial charge in [0, 0.05) is 19.5 Å². The smallest absolute Gasteiger partial charge is 0.245 e. The molecule has 1 aliphatic rings. The first-order chi connectivity index (χ1) is 8.91. The number of likely N-dealkylation sites (tertiary alicyclic amines) is 1. The van der Waals surface area contributed by atoms with E-state index in [0.29, 0.717) is 25.4 Å². The third-order valence-electron chi connectivity index (χ3n) is 3.80. The lowest BCUT2D eigenvalue weighted by molar-refractivity contribution is -0.152. The average molecular weight is 268 g/mol. The maximum absolute atomic E-state index is 12.4. The molecule has 1 saturated heterocycles. The third-order valence-corrected chi connectivity index (χ3v) is 3.80. The summed E-state index contributed by atoms with van der Waals surface area (Å²) < 4.78 is 0. The predicted octanol–water partition coefficient (Wildman–Crippen LogP) is 2.33. The van der Waals surface area contributed by atoms with Gasteiger partial charge in [-0.05, 0) is 32.1 Å². The van der Waals surface area contributed by atoms with Crippen molar-refractivity contribution < 1.29 is 9.59 Å². The molecule has 1 rings (SSSR count). The summed E-state index contributed by atoms with van der Waals surface area (Å²) in [4.78, 5) is 26.3. The molecule has 1 N–H and O–H groups in total. The summed E-state index contributed by atoms with van der Waals surface area (Å²) in [6.45, 7) is 9.54.